The number of likely N-dealkylation sites (tertiary alicyclic amines) is 2. The maximum absolute atomic E-state index is 12.5. The lowest BCUT2D eigenvalue weighted by Gasteiger charge is -2.47. The molecular weight excluding hydrogens is 296 g/mol. The third kappa shape index (κ3) is 4.16. The van der Waals surface area contributed by atoms with E-state index in [9.17, 15) is 9.59 Å². The van der Waals surface area contributed by atoms with Crippen LogP contribution in [0.2, 0.25) is 0 Å². The van der Waals surface area contributed by atoms with Crippen molar-refractivity contribution in [3.63, 3.8) is 0 Å². The second-order valence-electron chi connectivity index (χ2n) is 7.54. The van der Waals surface area contributed by atoms with Crippen molar-refractivity contribution in [1.29, 1.82) is 0 Å². The predicted molar refractivity (Wildman–Crippen MR) is 87.2 cm³/mol. The highest BCUT2D eigenvalue weighted by atomic mass is 16.6. The number of carbonyl (C=O) groups is 2. The molecule has 2 fully saturated rings. The minimum atomic E-state index is -0.576. The first-order chi connectivity index (χ1) is 10.8. The number of rotatable bonds is 2. The van der Waals surface area contributed by atoms with E-state index in [0.717, 1.165) is 25.9 Å². The number of methoxy groups -OCH3 is 1. The van der Waals surface area contributed by atoms with Crippen LogP contribution in [0, 0.1) is 0 Å². The van der Waals surface area contributed by atoms with Crippen LogP contribution in [0.4, 0.5) is 4.79 Å². The van der Waals surface area contributed by atoms with E-state index in [2.05, 4.69) is 4.90 Å². The molecule has 2 rings (SSSR count). The van der Waals surface area contributed by atoms with E-state index in [1.165, 1.54) is 13.5 Å². The lowest BCUT2D eigenvalue weighted by molar-refractivity contribution is -0.160. The van der Waals surface area contributed by atoms with Crippen molar-refractivity contribution in [1.82, 2.24) is 9.80 Å². The summed E-state index contributed by atoms with van der Waals surface area (Å²) in [5, 5.41) is 0. The van der Waals surface area contributed by atoms with E-state index < -0.39 is 11.1 Å². The summed E-state index contributed by atoms with van der Waals surface area (Å²) < 4.78 is 10.5. The maximum Gasteiger partial charge on any atom is 0.410 e. The van der Waals surface area contributed by atoms with Crippen molar-refractivity contribution in [2.75, 3.05) is 33.3 Å². The summed E-state index contributed by atoms with van der Waals surface area (Å²) in [5.41, 5.74) is -1.07. The van der Waals surface area contributed by atoms with Crippen LogP contribution >= 0.6 is 0 Å². The van der Waals surface area contributed by atoms with Gasteiger partial charge in [0.05, 0.1) is 7.11 Å². The highest BCUT2D eigenvalue weighted by Crippen LogP contribution is 2.33. The average molecular weight is 326 g/mol. The molecule has 0 radical (unpaired) electrons. The van der Waals surface area contributed by atoms with E-state index in [-0.39, 0.29) is 12.1 Å². The lowest BCUT2D eigenvalue weighted by atomic mass is 9.84. The summed E-state index contributed by atoms with van der Waals surface area (Å²) in [5.74, 6) is -0.164. The van der Waals surface area contributed by atoms with Gasteiger partial charge in [0.25, 0.3) is 0 Å². The van der Waals surface area contributed by atoms with Gasteiger partial charge >= 0.3 is 12.1 Å². The molecular formula is C17H30N2O4. The monoisotopic (exact) mass is 326 g/mol. The van der Waals surface area contributed by atoms with Crippen LogP contribution in [0.15, 0.2) is 0 Å². The van der Waals surface area contributed by atoms with Gasteiger partial charge in [0, 0.05) is 13.1 Å². The molecule has 0 N–H and O–H groups in total. The molecule has 2 aliphatic rings. The molecule has 6 heteroatoms. The summed E-state index contributed by atoms with van der Waals surface area (Å²) in [6.45, 7) is 8.51. The van der Waals surface area contributed by atoms with Gasteiger partial charge in [0.1, 0.15) is 11.1 Å². The van der Waals surface area contributed by atoms with E-state index in [4.69, 9.17) is 9.47 Å². The predicted octanol–water partition coefficient (Wildman–Crippen LogP) is 2.42. The Morgan fingerprint density at radius 1 is 0.957 bits per heavy atom. The zero-order chi connectivity index (χ0) is 17.1. The maximum atomic E-state index is 12.5. The molecule has 0 unspecified atom stereocenters. The van der Waals surface area contributed by atoms with Gasteiger partial charge in [-0.05, 0) is 59.5 Å². The summed E-state index contributed by atoms with van der Waals surface area (Å²) in [7, 11) is 1.45. The van der Waals surface area contributed by atoms with E-state index in [0.29, 0.717) is 25.9 Å². The number of carbonyl (C=O) groups excluding carboxylic acids is 2. The first-order valence-electron chi connectivity index (χ1n) is 8.60. The van der Waals surface area contributed by atoms with Crippen molar-refractivity contribution in [2.24, 2.45) is 0 Å². The van der Waals surface area contributed by atoms with Gasteiger partial charge in [-0.15, -0.1) is 0 Å². The van der Waals surface area contributed by atoms with Crippen molar-refractivity contribution in [2.45, 2.75) is 64.0 Å². The Morgan fingerprint density at radius 3 is 2.00 bits per heavy atom. The summed E-state index contributed by atoms with van der Waals surface area (Å²) in [6, 6.07) is 0. The lowest BCUT2D eigenvalue weighted by Crippen LogP contribution is -2.62. The molecule has 0 bridgehead atoms. The Morgan fingerprint density at radius 2 is 1.52 bits per heavy atom. The second-order valence-corrected chi connectivity index (χ2v) is 7.54. The zero-order valence-corrected chi connectivity index (χ0v) is 14.9. The van der Waals surface area contributed by atoms with Crippen molar-refractivity contribution < 1.29 is 19.1 Å². The molecule has 0 saturated carbocycles. The molecule has 2 heterocycles. The third-order valence-corrected chi connectivity index (χ3v) is 4.77. The fourth-order valence-electron chi connectivity index (χ4n) is 3.55. The molecule has 6 nitrogen and oxygen atoms in total. The zero-order valence-electron chi connectivity index (χ0n) is 14.9. The fraction of sp³-hybridized carbons (Fsp3) is 0.882. The van der Waals surface area contributed by atoms with E-state index in [1.807, 2.05) is 20.8 Å². The van der Waals surface area contributed by atoms with E-state index >= 15 is 0 Å². The Labute approximate surface area is 139 Å². The van der Waals surface area contributed by atoms with Gasteiger partial charge in [-0.1, -0.05) is 6.42 Å². The highest BCUT2D eigenvalue weighted by Gasteiger charge is 2.48. The number of esters is 1. The molecule has 2 saturated heterocycles. The Kier molecular flexibility index (Phi) is 5.55. The van der Waals surface area contributed by atoms with Crippen LogP contribution in [-0.2, 0) is 14.3 Å². The number of amides is 1. The third-order valence-electron chi connectivity index (χ3n) is 4.77. The number of piperidine rings is 2. The standard InChI is InChI=1S/C17H30N2O4/c1-16(2,3)23-15(21)18-12-8-17(9-13-18,14(20)22-4)19-10-6-5-7-11-19/h5-13H2,1-4H3. The number of hydrogen-bond acceptors (Lipinski definition) is 5. The van der Waals surface area contributed by atoms with Gasteiger partial charge in [-0.25, -0.2) is 4.79 Å². The fourth-order valence-corrected chi connectivity index (χ4v) is 3.55. The minimum absolute atomic E-state index is 0.164. The van der Waals surface area contributed by atoms with Crippen molar-refractivity contribution in [3.8, 4) is 0 Å². The molecule has 132 valence electrons. The van der Waals surface area contributed by atoms with Crippen LogP contribution in [-0.4, -0.2) is 66.3 Å². The van der Waals surface area contributed by atoms with Crippen LogP contribution in [0.25, 0.3) is 0 Å². The van der Waals surface area contributed by atoms with E-state index in [1.54, 1.807) is 4.90 Å². The van der Waals surface area contributed by atoms with Crippen LogP contribution in [0.5, 0.6) is 0 Å². The summed E-state index contributed by atoms with van der Waals surface area (Å²) in [4.78, 5) is 28.7. The largest absolute Gasteiger partial charge is 0.468 e. The molecule has 1 amide bonds. The normalized spacial score (nSPS) is 22.5. The summed E-state index contributed by atoms with van der Waals surface area (Å²) >= 11 is 0. The molecule has 2 aliphatic heterocycles. The number of hydrogen-bond donors (Lipinski definition) is 0. The minimum Gasteiger partial charge on any atom is -0.468 e. The van der Waals surface area contributed by atoms with Gasteiger partial charge in [0.2, 0.25) is 0 Å². The van der Waals surface area contributed by atoms with Crippen molar-refractivity contribution >= 4 is 12.1 Å². The van der Waals surface area contributed by atoms with Crippen molar-refractivity contribution in [3.05, 3.63) is 0 Å². The molecule has 0 aromatic rings. The molecule has 0 aliphatic carbocycles. The van der Waals surface area contributed by atoms with Gasteiger partial charge < -0.3 is 14.4 Å². The number of ether oxygens (including phenoxy) is 2. The highest BCUT2D eigenvalue weighted by molar-refractivity contribution is 5.81. The first kappa shape index (κ1) is 18.0. The quantitative estimate of drug-likeness (QED) is 0.729. The Bertz CT molecular complexity index is 430. The molecule has 0 aromatic heterocycles. The van der Waals surface area contributed by atoms with Gasteiger partial charge in [0.15, 0.2) is 0 Å². The van der Waals surface area contributed by atoms with Crippen LogP contribution < -0.4 is 0 Å². The Hall–Kier alpha value is -1.30. The summed E-state index contributed by atoms with van der Waals surface area (Å²) in [6.07, 6.45) is 4.38. The smallest absolute Gasteiger partial charge is 0.410 e. The van der Waals surface area contributed by atoms with Crippen LogP contribution in [0.1, 0.15) is 52.9 Å². The molecule has 0 spiro atoms. The second kappa shape index (κ2) is 7.07. The van der Waals surface area contributed by atoms with Gasteiger partial charge in [-0.2, -0.15) is 0 Å². The SMILES string of the molecule is COC(=O)C1(N2CCCCC2)CCN(C(=O)OC(C)(C)C)CC1. The van der Waals surface area contributed by atoms with Gasteiger partial charge in [-0.3, -0.25) is 9.69 Å². The number of nitrogens with zero attached hydrogens (tertiary/aromatic N) is 2. The topological polar surface area (TPSA) is 59.1 Å². The Balaban J connectivity index is 2.04. The molecule has 0 atom stereocenters. The first-order valence-corrected chi connectivity index (χ1v) is 8.60. The molecule has 23 heavy (non-hydrogen) atoms. The molecule has 0 aromatic carbocycles. The van der Waals surface area contributed by atoms with Crippen LogP contribution in [0.3, 0.4) is 0 Å². The average Bonchev–Trinajstić information content (AvgIpc) is 2.53.